The molecule has 2 aliphatic rings. The van der Waals surface area contributed by atoms with Gasteiger partial charge in [-0.1, -0.05) is 12.8 Å². The van der Waals surface area contributed by atoms with E-state index >= 15 is 0 Å². The van der Waals surface area contributed by atoms with Gasteiger partial charge in [-0.2, -0.15) is 0 Å². The third-order valence-corrected chi connectivity index (χ3v) is 4.76. The Hall–Kier alpha value is -1.42. The summed E-state index contributed by atoms with van der Waals surface area (Å²) in [5, 5.41) is 0.0462. The van der Waals surface area contributed by atoms with Crippen LogP contribution in [0.2, 0.25) is 0 Å². The molecule has 1 aromatic carbocycles. The molecule has 1 heterocycles. The standard InChI is InChI=1S/C16H20ClNO3/c1-18(13-5-3-2-4-12(13)17)16(19)11-6-7-14-15(10-11)21-9-8-20-14/h6-7,10,12-13H,2-5,8-9H2,1H3. The quantitative estimate of drug-likeness (QED) is 0.788. The van der Waals surface area contributed by atoms with E-state index in [1.165, 1.54) is 0 Å². The maximum Gasteiger partial charge on any atom is 0.254 e. The van der Waals surface area contributed by atoms with E-state index in [0.717, 1.165) is 25.7 Å². The van der Waals surface area contributed by atoms with E-state index in [0.29, 0.717) is 30.3 Å². The van der Waals surface area contributed by atoms with Crippen LogP contribution in [0.5, 0.6) is 11.5 Å². The number of ether oxygens (including phenoxy) is 2. The van der Waals surface area contributed by atoms with E-state index in [2.05, 4.69) is 0 Å². The van der Waals surface area contributed by atoms with Gasteiger partial charge in [-0.3, -0.25) is 4.79 Å². The van der Waals surface area contributed by atoms with Crippen LogP contribution in [0.25, 0.3) is 0 Å². The molecule has 114 valence electrons. The van der Waals surface area contributed by atoms with E-state index in [9.17, 15) is 4.79 Å². The smallest absolute Gasteiger partial charge is 0.254 e. The van der Waals surface area contributed by atoms with Crippen molar-refractivity contribution in [3.63, 3.8) is 0 Å². The maximum absolute atomic E-state index is 12.6. The van der Waals surface area contributed by atoms with Crippen molar-refractivity contribution in [1.29, 1.82) is 0 Å². The number of hydrogen-bond donors (Lipinski definition) is 0. The molecule has 2 unspecified atom stereocenters. The van der Waals surface area contributed by atoms with Crippen molar-refractivity contribution in [3.05, 3.63) is 23.8 Å². The van der Waals surface area contributed by atoms with Gasteiger partial charge in [0.15, 0.2) is 11.5 Å². The maximum atomic E-state index is 12.6. The highest BCUT2D eigenvalue weighted by Crippen LogP contribution is 2.32. The first-order valence-corrected chi connectivity index (χ1v) is 7.91. The second-order valence-electron chi connectivity index (χ2n) is 5.64. The Morgan fingerprint density at radius 1 is 1.19 bits per heavy atom. The number of benzene rings is 1. The lowest BCUT2D eigenvalue weighted by Gasteiger charge is -2.35. The van der Waals surface area contributed by atoms with Gasteiger partial charge in [0.25, 0.3) is 5.91 Å². The average molecular weight is 310 g/mol. The Bertz CT molecular complexity index is 534. The normalized spacial score (nSPS) is 24.5. The monoisotopic (exact) mass is 309 g/mol. The predicted molar refractivity (Wildman–Crippen MR) is 81.4 cm³/mol. The summed E-state index contributed by atoms with van der Waals surface area (Å²) < 4.78 is 11.0. The summed E-state index contributed by atoms with van der Waals surface area (Å²) in [7, 11) is 1.84. The van der Waals surface area contributed by atoms with Gasteiger partial charge in [-0.25, -0.2) is 0 Å². The topological polar surface area (TPSA) is 38.8 Å². The molecule has 0 saturated heterocycles. The lowest BCUT2D eigenvalue weighted by molar-refractivity contribution is 0.0699. The number of carbonyl (C=O) groups is 1. The summed E-state index contributed by atoms with van der Waals surface area (Å²) in [6, 6.07) is 5.47. The number of amides is 1. The van der Waals surface area contributed by atoms with E-state index in [1.54, 1.807) is 23.1 Å². The second-order valence-corrected chi connectivity index (χ2v) is 6.20. The summed E-state index contributed by atoms with van der Waals surface area (Å²) in [5.74, 6) is 1.34. The third-order valence-electron chi connectivity index (χ3n) is 4.25. The van der Waals surface area contributed by atoms with Gasteiger partial charge in [0.2, 0.25) is 0 Å². The number of halogens is 1. The molecule has 1 fully saturated rings. The van der Waals surface area contributed by atoms with Gasteiger partial charge in [-0.15, -0.1) is 11.6 Å². The van der Waals surface area contributed by atoms with Crippen LogP contribution in [0.1, 0.15) is 36.0 Å². The Kier molecular flexibility index (Phi) is 4.24. The van der Waals surface area contributed by atoms with Crippen molar-refractivity contribution in [3.8, 4) is 11.5 Å². The lowest BCUT2D eigenvalue weighted by atomic mass is 9.93. The number of alkyl halides is 1. The van der Waals surface area contributed by atoms with Crippen molar-refractivity contribution >= 4 is 17.5 Å². The summed E-state index contributed by atoms with van der Waals surface area (Å²) >= 11 is 6.39. The first kappa shape index (κ1) is 14.5. The zero-order valence-electron chi connectivity index (χ0n) is 12.2. The molecule has 3 rings (SSSR count). The highest BCUT2D eigenvalue weighted by molar-refractivity contribution is 6.21. The number of hydrogen-bond acceptors (Lipinski definition) is 3. The fourth-order valence-corrected chi connectivity index (χ4v) is 3.48. The van der Waals surface area contributed by atoms with Crippen LogP contribution < -0.4 is 9.47 Å². The molecule has 0 spiro atoms. The van der Waals surface area contributed by atoms with Gasteiger partial charge < -0.3 is 14.4 Å². The zero-order chi connectivity index (χ0) is 14.8. The fourth-order valence-electron chi connectivity index (χ4n) is 3.03. The van der Waals surface area contributed by atoms with Crippen LogP contribution in [0.4, 0.5) is 0 Å². The van der Waals surface area contributed by atoms with Crippen LogP contribution in [-0.2, 0) is 0 Å². The number of fused-ring (bicyclic) bond motifs is 1. The van der Waals surface area contributed by atoms with Crippen LogP contribution >= 0.6 is 11.6 Å². The molecule has 2 atom stereocenters. The Morgan fingerprint density at radius 2 is 1.90 bits per heavy atom. The molecule has 21 heavy (non-hydrogen) atoms. The van der Waals surface area contributed by atoms with Gasteiger partial charge in [0, 0.05) is 18.7 Å². The molecule has 1 amide bonds. The van der Waals surface area contributed by atoms with Crippen molar-refractivity contribution in [2.24, 2.45) is 0 Å². The third kappa shape index (κ3) is 2.95. The molecule has 5 heteroatoms. The number of nitrogens with zero attached hydrogens (tertiary/aromatic N) is 1. The minimum atomic E-state index is -0.00970. The molecule has 1 aliphatic heterocycles. The minimum Gasteiger partial charge on any atom is -0.486 e. The number of carbonyl (C=O) groups excluding carboxylic acids is 1. The fraction of sp³-hybridized carbons (Fsp3) is 0.562. The zero-order valence-corrected chi connectivity index (χ0v) is 12.9. The molecule has 0 aromatic heterocycles. The van der Waals surface area contributed by atoms with E-state index in [4.69, 9.17) is 21.1 Å². The van der Waals surface area contributed by atoms with E-state index in [-0.39, 0.29) is 17.3 Å². The van der Waals surface area contributed by atoms with E-state index < -0.39 is 0 Å². The predicted octanol–water partition coefficient (Wildman–Crippen LogP) is 3.08. The van der Waals surface area contributed by atoms with Gasteiger partial charge in [0.1, 0.15) is 13.2 Å². The van der Waals surface area contributed by atoms with Crippen molar-refractivity contribution < 1.29 is 14.3 Å². The second kappa shape index (κ2) is 6.14. The molecule has 4 nitrogen and oxygen atoms in total. The van der Waals surface area contributed by atoms with Crippen molar-refractivity contribution in [2.45, 2.75) is 37.1 Å². The summed E-state index contributed by atoms with van der Waals surface area (Å²) in [5.41, 5.74) is 0.621. The van der Waals surface area contributed by atoms with Crippen molar-refractivity contribution in [2.75, 3.05) is 20.3 Å². The highest BCUT2D eigenvalue weighted by Gasteiger charge is 2.30. The van der Waals surface area contributed by atoms with Crippen LogP contribution in [0, 0.1) is 0 Å². The lowest BCUT2D eigenvalue weighted by Crippen LogP contribution is -2.44. The van der Waals surface area contributed by atoms with Gasteiger partial charge in [0.05, 0.1) is 5.38 Å². The first-order chi connectivity index (χ1) is 10.2. The summed E-state index contributed by atoms with van der Waals surface area (Å²) in [6.07, 6.45) is 4.23. The van der Waals surface area contributed by atoms with Crippen LogP contribution in [-0.4, -0.2) is 42.5 Å². The largest absolute Gasteiger partial charge is 0.486 e. The molecule has 0 radical (unpaired) electrons. The molecule has 1 aromatic rings. The molecule has 1 aliphatic carbocycles. The molecule has 1 saturated carbocycles. The minimum absolute atomic E-state index is 0.00970. The first-order valence-electron chi connectivity index (χ1n) is 7.47. The molecule has 0 N–H and O–H groups in total. The summed E-state index contributed by atoms with van der Waals surface area (Å²) in [4.78, 5) is 14.4. The number of rotatable bonds is 2. The highest BCUT2D eigenvalue weighted by atomic mass is 35.5. The summed E-state index contributed by atoms with van der Waals surface area (Å²) in [6.45, 7) is 1.07. The Balaban J connectivity index is 1.77. The Labute approximate surface area is 130 Å². The molecular formula is C16H20ClNO3. The van der Waals surface area contributed by atoms with E-state index in [1.807, 2.05) is 7.05 Å². The van der Waals surface area contributed by atoms with Gasteiger partial charge >= 0.3 is 0 Å². The average Bonchev–Trinajstić information content (AvgIpc) is 2.53. The Morgan fingerprint density at radius 3 is 2.67 bits per heavy atom. The van der Waals surface area contributed by atoms with Crippen LogP contribution in [0.3, 0.4) is 0 Å². The van der Waals surface area contributed by atoms with Crippen molar-refractivity contribution in [1.82, 2.24) is 4.90 Å². The molecule has 0 bridgehead atoms. The molecular weight excluding hydrogens is 290 g/mol. The van der Waals surface area contributed by atoms with Gasteiger partial charge in [-0.05, 0) is 31.0 Å². The van der Waals surface area contributed by atoms with Crippen LogP contribution in [0.15, 0.2) is 18.2 Å². The SMILES string of the molecule is CN(C(=O)c1ccc2c(c1)OCCO2)C1CCCCC1Cl.